The molecule has 0 radical (unpaired) electrons. The van der Waals surface area contributed by atoms with Crippen LogP contribution in [0.25, 0.3) is 0 Å². The van der Waals surface area contributed by atoms with Gasteiger partial charge in [0.15, 0.2) is 0 Å². The van der Waals surface area contributed by atoms with Crippen molar-refractivity contribution in [2.24, 2.45) is 0 Å². The first kappa shape index (κ1) is 15.8. The number of carbonyl (C=O) groups excluding carboxylic acids is 1. The third kappa shape index (κ3) is 3.95. The number of aliphatic hydroxyl groups excluding tert-OH is 1. The number of benzene rings is 1. The van der Waals surface area contributed by atoms with Crippen molar-refractivity contribution < 1.29 is 14.6 Å². The Labute approximate surface area is 126 Å². The summed E-state index contributed by atoms with van der Waals surface area (Å²) < 4.78 is 5.31. The van der Waals surface area contributed by atoms with Crippen LogP contribution in [0.4, 0.5) is 0 Å². The number of likely N-dealkylation sites (tertiary alicyclic amines) is 1. The molecule has 0 bridgehead atoms. The summed E-state index contributed by atoms with van der Waals surface area (Å²) in [6, 6.07) is 7.86. The molecule has 116 valence electrons. The van der Waals surface area contributed by atoms with Gasteiger partial charge in [-0.15, -0.1) is 0 Å². The van der Waals surface area contributed by atoms with Gasteiger partial charge < -0.3 is 14.7 Å². The molecule has 0 aliphatic carbocycles. The van der Waals surface area contributed by atoms with E-state index >= 15 is 0 Å². The predicted molar refractivity (Wildman–Crippen MR) is 81.1 cm³/mol. The number of amides is 1. The Morgan fingerprint density at radius 1 is 1.48 bits per heavy atom. The van der Waals surface area contributed by atoms with Crippen molar-refractivity contribution in [3.8, 4) is 5.75 Å². The number of aliphatic hydroxyl groups is 1. The summed E-state index contributed by atoms with van der Waals surface area (Å²) in [4.78, 5) is 16.1. The van der Waals surface area contributed by atoms with Gasteiger partial charge in [-0.05, 0) is 25.5 Å². The van der Waals surface area contributed by atoms with E-state index in [0.29, 0.717) is 13.1 Å². The topological polar surface area (TPSA) is 53.0 Å². The van der Waals surface area contributed by atoms with Gasteiger partial charge in [0.05, 0.1) is 20.3 Å². The van der Waals surface area contributed by atoms with Crippen LogP contribution in [0.5, 0.6) is 5.75 Å². The summed E-state index contributed by atoms with van der Waals surface area (Å²) in [7, 11) is 3.44. The van der Waals surface area contributed by atoms with Crippen molar-refractivity contribution in [2.75, 3.05) is 33.9 Å². The zero-order chi connectivity index (χ0) is 15.2. The van der Waals surface area contributed by atoms with Crippen molar-refractivity contribution in [1.29, 1.82) is 0 Å². The van der Waals surface area contributed by atoms with Crippen LogP contribution < -0.4 is 4.74 Å². The highest BCUT2D eigenvalue weighted by atomic mass is 16.5. The van der Waals surface area contributed by atoms with Gasteiger partial charge in [0.1, 0.15) is 5.75 Å². The molecule has 1 aromatic rings. The van der Waals surface area contributed by atoms with Gasteiger partial charge in [0.2, 0.25) is 5.91 Å². The molecule has 1 atom stereocenters. The number of hydrogen-bond donors (Lipinski definition) is 1. The molecule has 0 spiro atoms. The molecule has 1 aliphatic heterocycles. The van der Waals surface area contributed by atoms with Gasteiger partial charge >= 0.3 is 0 Å². The lowest BCUT2D eigenvalue weighted by molar-refractivity contribution is -0.132. The Kier molecular flexibility index (Phi) is 5.59. The van der Waals surface area contributed by atoms with Crippen LogP contribution in [-0.2, 0) is 11.3 Å². The predicted octanol–water partition coefficient (Wildman–Crippen LogP) is 1.11. The Morgan fingerprint density at radius 3 is 2.95 bits per heavy atom. The summed E-state index contributed by atoms with van der Waals surface area (Å²) >= 11 is 0. The molecule has 1 aliphatic rings. The summed E-state index contributed by atoms with van der Waals surface area (Å²) in [5.74, 6) is 0.868. The van der Waals surface area contributed by atoms with Crippen molar-refractivity contribution in [3.05, 3.63) is 29.8 Å². The van der Waals surface area contributed by atoms with Crippen molar-refractivity contribution in [2.45, 2.75) is 25.4 Å². The summed E-state index contributed by atoms with van der Waals surface area (Å²) in [6.07, 6.45) is 2.02. The summed E-state index contributed by atoms with van der Waals surface area (Å²) in [6.45, 7) is 1.92. The van der Waals surface area contributed by atoms with Crippen molar-refractivity contribution in [3.63, 3.8) is 0 Å². The van der Waals surface area contributed by atoms with Crippen LogP contribution in [-0.4, -0.2) is 60.7 Å². The molecule has 1 aromatic carbocycles. The maximum Gasteiger partial charge on any atom is 0.236 e. The lowest BCUT2D eigenvalue weighted by Crippen LogP contribution is -2.41. The molecule has 1 heterocycles. The number of likely N-dealkylation sites (N-methyl/N-ethyl adjacent to an activating group) is 1. The second-order valence-corrected chi connectivity index (χ2v) is 5.51. The van der Waals surface area contributed by atoms with Crippen LogP contribution in [0, 0.1) is 0 Å². The third-order valence-electron chi connectivity index (χ3n) is 4.07. The van der Waals surface area contributed by atoms with Crippen molar-refractivity contribution in [1.82, 2.24) is 9.80 Å². The normalized spacial score (nSPS) is 18.7. The van der Waals surface area contributed by atoms with Crippen molar-refractivity contribution >= 4 is 5.91 Å². The quantitative estimate of drug-likeness (QED) is 0.853. The third-order valence-corrected chi connectivity index (χ3v) is 4.07. The lowest BCUT2D eigenvalue weighted by Gasteiger charge is -2.25. The Morgan fingerprint density at radius 2 is 2.24 bits per heavy atom. The largest absolute Gasteiger partial charge is 0.496 e. The molecule has 21 heavy (non-hydrogen) atoms. The summed E-state index contributed by atoms with van der Waals surface area (Å²) in [5, 5.41) is 9.31. The number of hydrogen-bond acceptors (Lipinski definition) is 4. The molecule has 1 fully saturated rings. The van der Waals surface area contributed by atoms with E-state index in [4.69, 9.17) is 4.74 Å². The molecule has 1 saturated heterocycles. The van der Waals surface area contributed by atoms with E-state index in [1.54, 1.807) is 19.1 Å². The highest BCUT2D eigenvalue weighted by Gasteiger charge is 2.26. The van der Waals surface area contributed by atoms with E-state index in [1.807, 2.05) is 24.3 Å². The maximum atomic E-state index is 12.3. The van der Waals surface area contributed by atoms with Crippen LogP contribution >= 0.6 is 0 Å². The van der Waals surface area contributed by atoms with Gasteiger partial charge in [-0.1, -0.05) is 18.2 Å². The van der Waals surface area contributed by atoms with E-state index in [1.165, 1.54) is 0 Å². The van der Waals surface area contributed by atoms with E-state index in [0.717, 1.165) is 30.7 Å². The fourth-order valence-corrected chi connectivity index (χ4v) is 2.78. The highest BCUT2D eigenvalue weighted by molar-refractivity contribution is 5.78. The number of rotatable bonds is 6. The molecule has 0 saturated carbocycles. The number of methoxy groups -OCH3 is 1. The number of para-hydroxylation sites is 1. The molecule has 5 nitrogen and oxygen atoms in total. The summed E-state index contributed by atoms with van der Waals surface area (Å²) in [5.41, 5.74) is 0.996. The Bertz CT molecular complexity index is 478. The number of carbonyl (C=O) groups is 1. The molecule has 2 rings (SSSR count). The average molecular weight is 292 g/mol. The second-order valence-electron chi connectivity index (χ2n) is 5.51. The number of ether oxygens (including phenoxy) is 1. The maximum absolute atomic E-state index is 12.3. The smallest absolute Gasteiger partial charge is 0.236 e. The van der Waals surface area contributed by atoms with Crippen LogP contribution in [0.2, 0.25) is 0 Å². The minimum Gasteiger partial charge on any atom is -0.496 e. The van der Waals surface area contributed by atoms with Crippen LogP contribution in [0.1, 0.15) is 18.4 Å². The first-order valence-corrected chi connectivity index (χ1v) is 7.36. The zero-order valence-electron chi connectivity index (χ0n) is 12.8. The lowest BCUT2D eigenvalue weighted by atomic mass is 10.2. The SMILES string of the molecule is COc1ccccc1CN(C)C(=O)CN1CCC[C@@H]1CO. The molecular weight excluding hydrogens is 268 g/mol. The molecule has 1 N–H and O–H groups in total. The first-order chi connectivity index (χ1) is 10.2. The van der Waals surface area contributed by atoms with E-state index in [-0.39, 0.29) is 18.6 Å². The van der Waals surface area contributed by atoms with Gasteiger partial charge in [-0.2, -0.15) is 0 Å². The van der Waals surface area contributed by atoms with E-state index in [9.17, 15) is 9.90 Å². The minimum atomic E-state index is 0.0706. The van der Waals surface area contributed by atoms with Crippen LogP contribution in [0.3, 0.4) is 0 Å². The first-order valence-electron chi connectivity index (χ1n) is 7.36. The Balaban J connectivity index is 1.93. The standard InChI is InChI=1S/C16H24N2O3/c1-17(10-13-6-3-4-8-15(13)21-2)16(20)11-18-9-5-7-14(18)12-19/h3-4,6,8,14,19H,5,7,9-12H2,1-2H3/t14-/m1/s1. The molecule has 5 heteroatoms. The fraction of sp³-hybridized carbons (Fsp3) is 0.562. The minimum absolute atomic E-state index is 0.0706. The number of nitrogens with zero attached hydrogens (tertiary/aromatic N) is 2. The van der Waals surface area contributed by atoms with E-state index in [2.05, 4.69) is 4.90 Å². The molecule has 0 unspecified atom stereocenters. The highest BCUT2D eigenvalue weighted by Crippen LogP contribution is 2.20. The zero-order valence-corrected chi connectivity index (χ0v) is 12.8. The monoisotopic (exact) mass is 292 g/mol. The molecule has 1 amide bonds. The van der Waals surface area contributed by atoms with Crippen LogP contribution in [0.15, 0.2) is 24.3 Å². The Hall–Kier alpha value is -1.59. The average Bonchev–Trinajstić information content (AvgIpc) is 2.94. The second kappa shape index (κ2) is 7.43. The molecular formula is C16H24N2O3. The molecule has 0 aromatic heterocycles. The fourth-order valence-electron chi connectivity index (χ4n) is 2.78. The van der Waals surface area contributed by atoms with Gasteiger partial charge in [0.25, 0.3) is 0 Å². The van der Waals surface area contributed by atoms with Gasteiger partial charge in [-0.25, -0.2) is 0 Å². The van der Waals surface area contributed by atoms with Gasteiger partial charge in [0, 0.05) is 25.2 Å². The van der Waals surface area contributed by atoms with E-state index < -0.39 is 0 Å². The van der Waals surface area contributed by atoms with Gasteiger partial charge in [-0.3, -0.25) is 9.69 Å².